The first kappa shape index (κ1) is 12.9. The Morgan fingerprint density at radius 2 is 2.56 bits per heavy atom. The van der Waals surface area contributed by atoms with Crippen molar-refractivity contribution in [1.82, 2.24) is 15.1 Å². The lowest BCUT2D eigenvalue weighted by Crippen LogP contribution is -2.35. The molecule has 100 valence electrons. The van der Waals surface area contributed by atoms with Crippen LogP contribution in [0.3, 0.4) is 0 Å². The molecule has 2 heterocycles. The van der Waals surface area contributed by atoms with Gasteiger partial charge >= 0.3 is 0 Å². The molecule has 3 N–H and O–H groups in total. The highest BCUT2D eigenvalue weighted by Crippen LogP contribution is 2.12. The van der Waals surface area contributed by atoms with E-state index in [1.54, 1.807) is 6.07 Å². The lowest BCUT2D eigenvalue weighted by molar-refractivity contribution is -0.122. The van der Waals surface area contributed by atoms with Crippen molar-refractivity contribution in [3.63, 3.8) is 0 Å². The Morgan fingerprint density at radius 3 is 3.17 bits per heavy atom. The molecule has 1 aromatic heterocycles. The lowest BCUT2D eigenvalue weighted by atomic mass is 10.0. The van der Waals surface area contributed by atoms with E-state index in [2.05, 4.69) is 10.4 Å². The van der Waals surface area contributed by atoms with Gasteiger partial charge in [-0.3, -0.25) is 4.79 Å². The van der Waals surface area contributed by atoms with Crippen LogP contribution in [0.25, 0.3) is 0 Å². The van der Waals surface area contributed by atoms with Gasteiger partial charge in [0.25, 0.3) is 0 Å². The number of aryl methyl sites for hydroxylation is 1. The van der Waals surface area contributed by atoms with Crippen molar-refractivity contribution in [2.75, 3.05) is 25.5 Å². The van der Waals surface area contributed by atoms with Crippen LogP contribution in [0.2, 0.25) is 0 Å². The van der Waals surface area contributed by atoms with Crippen LogP contribution in [0.4, 0.5) is 5.82 Å². The molecule has 2 rings (SSSR count). The predicted molar refractivity (Wildman–Crippen MR) is 67.9 cm³/mol. The number of amides is 1. The van der Waals surface area contributed by atoms with Gasteiger partial charge in [0.15, 0.2) is 0 Å². The number of nitrogens with zero attached hydrogens (tertiary/aromatic N) is 2. The molecule has 0 radical (unpaired) electrons. The number of hydrogen-bond donors (Lipinski definition) is 2. The number of aromatic nitrogens is 2. The smallest absolute Gasteiger partial charge is 0.241 e. The van der Waals surface area contributed by atoms with E-state index in [-0.39, 0.29) is 12.5 Å². The molecule has 0 aliphatic carbocycles. The molecule has 0 saturated carbocycles. The first-order chi connectivity index (χ1) is 8.65. The van der Waals surface area contributed by atoms with E-state index >= 15 is 0 Å². The second-order valence-corrected chi connectivity index (χ2v) is 4.76. The zero-order valence-corrected chi connectivity index (χ0v) is 10.7. The largest absolute Gasteiger partial charge is 0.384 e. The van der Waals surface area contributed by atoms with Gasteiger partial charge in [-0.15, -0.1) is 0 Å². The number of nitrogens with one attached hydrogen (secondary N) is 1. The van der Waals surface area contributed by atoms with Crippen molar-refractivity contribution in [3.8, 4) is 0 Å². The van der Waals surface area contributed by atoms with Crippen molar-refractivity contribution in [1.29, 1.82) is 0 Å². The summed E-state index contributed by atoms with van der Waals surface area (Å²) in [7, 11) is 0. The summed E-state index contributed by atoms with van der Waals surface area (Å²) < 4.78 is 6.88. The highest BCUT2D eigenvalue weighted by molar-refractivity contribution is 5.76. The maximum Gasteiger partial charge on any atom is 0.241 e. The van der Waals surface area contributed by atoms with Crippen molar-refractivity contribution in [3.05, 3.63) is 11.8 Å². The van der Waals surface area contributed by atoms with Crippen LogP contribution in [0, 0.1) is 12.8 Å². The van der Waals surface area contributed by atoms with Gasteiger partial charge in [0, 0.05) is 19.2 Å². The molecule has 0 unspecified atom stereocenters. The first-order valence-corrected chi connectivity index (χ1v) is 6.29. The second-order valence-electron chi connectivity index (χ2n) is 4.76. The minimum Gasteiger partial charge on any atom is -0.384 e. The van der Waals surface area contributed by atoms with Gasteiger partial charge < -0.3 is 15.8 Å². The second kappa shape index (κ2) is 5.86. The Hall–Kier alpha value is -1.56. The summed E-state index contributed by atoms with van der Waals surface area (Å²) in [4.78, 5) is 11.7. The van der Waals surface area contributed by atoms with E-state index < -0.39 is 0 Å². The fourth-order valence-corrected chi connectivity index (χ4v) is 2.11. The lowest BCUT2D eigenvalue weighted by Gasteiger charge is -2.22. The van der Waals surface area contributed by atoms with Gasteiger partial charge in [-0.1, -0.05) is 0 Å². The fourth-order valence-electron chi connectivity index (χ4n) is 2.11. The molecule has 1 atom stereocenters. The highest BCUT2D eigenvalue weighted by atomic mass is 16.5. The maximum atomic E-state index is 11.7. The minimum absolute atomic E-state index is 0.0598. The summed E-state index contributed by atoms with van der Waals surface area (Å²) in [5, 5.41) is 7.05. The topological polar surface area (TPSA) is 82.2 Å². The van der Waals surface area contributed by atoms with Crippen LogP contribution in [0.5, 0.6) is 0 Å². The van der Waals surface area contributed by atoms with Crippen LogP contribution in [0.1, 0.15) is 18.5 Å². The fraction of sp³-hybridized carbons (Fsp3) is 0.667. The molecule has 6 nitrogen and oxygen atoms in total. The van der Waals surface area contributed by atoms with E-state index in [4.69, 9.17) is 10.5 Å². The molecule has 1 aliphatic heterocycles. The number of nitrogens with two attached hydrogens (primary N) is 1. The molecule has 1 aromatic rings. The van der Waals surface area contributed by atoms with Crippen LogP contribution in [0.15, 0.2) is 6.07 Å². The third-order valence-corrected chi connectivity index (χ3v) is 3.07. The third-order valence-electron chi connectivity index (χ3n) is 3.07. The number of hydrogen-bond acceptors (Lipinski definition) is 4. The molecule has 18 heavy (non-hydrogen) atoms. The molecule has 1 amide bonds. The predicted octanol–water partition coefficient (Wildman–Crippen LogP) is 0.317. The molecular formula is C12H20N4O2. The van der Waals surface area contributed by atoms with Crippen LogP contribution in [-0.2, 0) is 16.1 Å². The van der Waals surface area contributed by atoms with E-state index in [9.17, 15) is 4.79 Å². The Kier molecular flexibility index (Phi) is 4.19. The normalized spacial score (nSPS) is 19.7. The third kappa shape index (κ3) is 3.46. The Bertz CT molecular complexity index is 410. The van der Waals surface area contributed by atoms with Crippen molar-refractivity contribution >= 4 is 11.7 Å². The number of nitrogen functional groups attached to an aromatic ring is 1. The zero-order valence-electron chi connectivity index (χ0n) is 10.7. The van der Waals surface area contributed by atoms with Crippen LogP contribution < -0.4 is 11.1 Å². The summed E-state index contributed by atoms with van der Waals surface area (Å²) in [6, 6.07) is 1.75. The van der Waals surface area contributed by atoms with Crippen molar-refractivity contribution in [2.24, 2.45) is 5.92 Å². The zero-order chi connectivity index (χ0) is 13.0. The molecule has 0 aromatic carbocycles. The first-order valence-electron chi connectivity index (χ1n) is 6.29. The molecule has 6 heteroatoms. The molecule has 1 aliphatic rings. The van der Waals surface area contributed by atoms with E-state index in [0.29, 0.717) is 18.3 Å². The molecule has 1 fully saturated rings. The summed E-state index contributed by atoms with van der Waals surface area (Å²) in [6.45, 7) is 4.27. The number of anilines is 1. The van der Waals surface area contributed by atoms with Crippen LogP contribution in [-0.4, -0.2) is 35.4 Å². The van der Waals surface area contributed by atoms with Gasteiger partial charge in [0.2, 0.25) is 5.91 Å². The number of carbonyl (C=O) groups is 1. The van der Waals surface area contributed by atoms with Gasteiger partial charge in [0.1, 0.15) is 12.4 Å². The average molecular weight is 252 g/mol. The monoisotopic (exact) mass is 252 g/mol. The Balaban J connectivity index is 1.76. The van der Waals surface area contributed by atoms with Gasteiger partial charge in [0.05, 0.1) is 12.3 Å². The highest BCUT2D eigenvalue weighted by Gasteiger charge is 2.15. The van der Waals surface area contributed by atoms with Crippen molar-refractivity contribution < 1.29 is 9.53 Å². The molecule has 0 spiro atoms. The summed E-state index contributed by atoms with van der Waals surface area (Å²) in [5.74, 6) is 0.887. The SMILES string of the molecule is Cc1cc(N)n(CC(=O)NC[C@@H]2CCCOC2)n1. The molecular weight excluding hydrogens is 232 g/mol. The summed E-state index contributed by atoms with van der Waals surface area (Å²) >= 11 is 0. The quantitative estimate of drug-likeness (QED) is 0.808. The van der Waals surface area contributed by atoms with E-state index in [1.807, 2.05) is 6.92 Å². The number of carbonyl (C=O) groups excluding carboxylic acids is 1. The summed E-state index contributed by atoms with van der Waals surface area (Å²) in [5.41, 5.74) is 6.55. The molecule has 0 bridgehead atoms. The minimum atomic E-state index is -0.0598. The Labute approximate surface area is 106 Å². The van der Waals surface area contributed by atoms with Crippen molar-refractivity contribution in [2.45, 2.75) is 26.3 Å². The standard InChI is InChI=1S/C12H20N4O2/c1-9-5-11(13)16(15-9)7-12(17)14-6-10-3-2-4-18-8-10/h5,10H,2-4,6-8,13H2,1H3,(H,14,17)/t10-/m0/s1. The van der Waals surface area contributed by atoms with Crippen LogP contribution >= 0.6 is 0 Å². The van der Waals surface area contributed by atoms with Gasteiger partial charge in [-0.05, 0) is 25.7 Å². The van der Waals surface area contributed by atoms with E-state index in [1.165, 1.54) is 4.68 Å². The number of ether oxygens (including phenoxy) is 1. The number of rotatable bonds is 4. The van der Waals surface area contributed by atoms with E-state index in [0.717, 1.165) is 31.7 Å². The molecule has 1 saturated heterocycles. The van der Waals surface area contributed by atoms with Gasteiger partial charge in [-0.2, -0.15) is 5.10 Å². The Morgan fingerprint density at radius 1 is 1.72 bits per heavy atom. The maximum absolute atomic E-state index is 11.7. The average Bonchev–Trinajstić information content (AvgIpc) is 2.67. The summed E-state index contributed by atoms with van der Waals surface area (Å²) in [6.07, 6.45) is 2.19. The van der Waals surface area contributed by atoms with Gasteiger partial charge in [-0.25, -0.2) is 4.68 Å².